The number of pyridine rings is 1. The second-order valence-corrected chi connectivity index (χ2v) is 2.27. The normalized spacial score (nSPS) is 9.27. The standard InChI is InChI=1S/C7H6ClNO2/c1-11-7-3-9-5(4-10)2-6(7)8/h2-4H,1H3. The molecule has 0 unspecified atom stereocenters. The molecule has 0 aromatic carbocycles. The fraction of sp³-hybridized carbons (Fsp3) is 0.143. The molecule has 1 rings (SSSR count). The Morgan fingerprint density at radius 1 is 1.73 bits per heavy atom. The van der Waals surface area contributed by atoms with Crippen LogP contribution in [0.15, 0.2) is 12.3 Å². The highest BCUT2D eigenvalue weighted by Gasteiger charge is 2.00. The van der Waals surface area contributed by atoms with Crippen molar-refractivity contribution in [2.75, 3.05) is 7.11 Å². The lowest BCUT2D eigenvalue weighted by molar-refractivity contribution is 0.111. The summed E-state index contributed by atoms with van der Waals surface area (Å²) in [6, 6.07) is 1.45. The van der Waals surface area contributed by atoms with Crippen LogP contribution in [0, 0.1) is 0 Å². The Morgan fingerprint density at radius 2 is 2.45 bits per heavy atom. The van der Waals surface area contributed by atoms with E-state index < -0.39 is 0 Å². The maximum Gasteiger partial charge on any atom is 0.168 e. The molecule has 3 nitrogen and oxygen atoms in total. The van der Waals surface area contributed by atoms with Crippen LogP contribution in [-0.2, 0) is 0 Å². The van der Waals surface area contributed by atoms with Gasteiger partial charge in [-0.15, -0.1) is 0 Å². The van der Waals surface area contributed by atoms with E-state index in [1.165, 1.54) is 19.4 Å². The molecule has 4 heteroatoms. The molecule has 0 spiro atoms. The third-order valence-electron chi connectivity index (χ3n) is 1.18. The number of ether oxygens (including phenoxy) is 1. The lowest BCUT2D eigenvalue weighted by Gasteiger charge is -2.00. The number of carbonyl (C=O) groups is 1. The third kappa shape index (κ3) is 1.68. The van der Waals surface area contributed by atoms with Gasteiger partial charge >= 0.3 is 0 Å². The molecule has 0 radical (unpaired) electrons. The second kappa shape index (κ2) is 3.34. The Hall–Kier alpha value is -1.09. The van der Waals surface area contributed by atoms with Crippen molar-refractivity contribution in [1.29, 1.82) is 0 Å². The first-order valence-corrected chi connectivity index (χ1v) is 3.30. The number of nitrogens with zero attached hydrogens (tertiary/aromatic N) is 1. The fourth-order valence-corrected chi connectivity index (χ4v) is 0.885. The van der Waals surface area contributed by atoms with Crippen LogP contribution in [0.25, 0.3) is 0 Å². The lowest BCUT2D eigenvalue weighted by atomic mass is 10.3. The Bertz CT molecular complexity index is 275. The highest BCUT2D eigenvalue weighted by molar-refractivity contribution is 6.32. The maximum absolute atomic E-state index is 10.2. The number of carbonyl (C=O) groups excluding carboxylic acids is 1. The van der Waals surface area contributed by atoms with Crippen LogP contribution < -0.4 is 4.74 Å². The number of aromatic nitrogens is 1. The number of hydrogen-bond donors (Lipinski definition) is 0. The molecular weight excluding hydrogens is 166 g/mol. The molecule has 0 N–H and O–H groups in total. The molecule has 0 aliphatic rings. The van der Waals surface area contributed by atoms with Gasteiger partial charge in [0.25, 0.3) is 0 Å². The van der Waals surface area contributed by atoms with E-state index >= 15 is 0 Å². The number of halogens is 1. The summed E-state index contributed by atoms with van der Waals surface area (Å²) in [6.07, 6.45) is 2.04. The molecule has 0 aliphatic heterocycles. The topological polar surface area (TPSA) is 39.2 Å². The summed E-state index contributed by atoms with van der Waals surface area (Å²) >= 11 is 5.68. The van der Waals surface area contributed by atoms with Crippen LogP contribution in [0.1, 0.15) is 10.5 Å². The van der Waals surface area contributed by atoms with E-state index in [0.29, 0.717) is 22.8 Å². The van der Waals surface area contributed by atoms with Crippen LogP contribution in [-0.4, -0.2) is 18.4 Å². The van der Waals surface area contributed by atoms with Gasteiger partial charge in [-0.3, -0.25) is 4.79 Å². The summed E-state index contributed by atoms with van der Waals surface area (Å²) in [6.45, 7) is 0. The Kier molecular flexibility index (Phi) is 2.44. The van der Waals surface area contributed by atoms with Crippen LogP contribution >= 0.6 is 11.6 Å². The van der Waals surface area contributed by atoms with Crippen molar-refractivity contribution in [2.45, 2.75) is 0 Å². The van der Waals surface area contributed by atoms with Crippen molar-refractivity contribution >= 4 is 17.9 Å². The highest BCUT2D eigenvalue weighted by atomic mass is 35.5. The van der Waals surface area contributed by atoms with Gasteiger partial charge in [-0.25, -0.2) is 4.98 Å². The van der Waals surface area contributed by atoms with Gasteiger partial charge in [-0.1, -0.05) is 11.6 Å². The number of hydrogen-bond acceptors (Lipinski definition) is 3. The summed E-state index contributed by atoms with van der Waals surface area (Å²) < 4.78 is 4.83. The summed E-state index contributed by atoms with van der Waals surface area (Å²) in [5.41, 5.74) is 0.302. The lowest BCUT2D eigenvalue weighted by Crippen LogP contribution is -1.89. The molecule has 1 heterocycles. The van der Waals surface area contributed by atoms with Crippen molar-refractivity contribution < 1.29 is 9.53 Å². The summed E-state index contributed by atoms with van der Waals surface area (Å²) in [5, 5.41) is 0.393. The monoisotopic (exact) mass is 171 g/mol. The van der Waals surface area contributed by atoms with Gasteiger partial charge in [0.2, 0.25) is 0 Å². The van der Waals surface area contributed by atoms with Crippen molar-refractivity contribution in [2.24, 2.45) is 0 Å². The maximum atomic E-state index is 10.2. The van der Waals surface area contributed by atoms with Crippen molar-refractivity contribution in [1.82, 2.24) is 4.98 Å². The quantitative estimate of drug-likeness (QED) is 0.634. The van der Waals surface area contributed by atoms with E-state index in [2.05, 4.69) is 4.98 Å². The molecule has 0 aliphatic carbocycles. The summed E-state index contributed by atoms with van der Waals surface area (Å²) in [4.78, 5) is 13.9. The largest absolute Gasteiger partial charge is 0.494 e. The SMILES string of the molecule is COc1cnc(C=O)cc1Cl. The first-order chi connectivity index (χ1) is 5.27. The van der Waals surface area contributed by atoms with Gasteiger partial charge in [0.1, 0.15) is 5.69 Å². The summed E-state index contributed by atoms with van der Waals surface area (Å²) in [7, 11) is 1.49. The van der Waals surface area contributed by atoms with Crippen molar-refractivity contribution in [3.8, 4) is 5.75 Å². The average Bonchev–Trinajstić information content (AvgIpc) is 2.04. The minimum atomic E-state index is 0.302. The minimum absolute atomic E-state index is 0.302. The van der Waals surface area contributed by atoms with Gasteiger partial charge in [-0.05, 0) is 6.07 Å². The number of methoxy groups -OCH3 is 1. The van der Waals surface area contributed by atoms with Crippen LogP contribution in [0.5, 0.6) is 5.75 Å². The molecule has 11 heavy (non-hydrogen) atoms. The zero-order valence-corrected chi connectivity index (χ0v) is 6.63. The molecule has 0 fully saturated rings. The fourth-order valence-electron chi connectivity index (χ4n) is 0.648. The Balaban J connectivity index is 3.09. The molecule has 58 valence electrons. The minimum Gasteiger partial charge on any atom is -0.494 e. The molecule has 0 saturated carbocycles. The average molecular weight is 172 g/mol. The predicted molar refractivity (Wildman–Crippen MR) is 41.2 cm³/mol. The Morgan fingerprint density at radius 3 is 2.91 bits per heavy atom. The first kappa shape index (κ1) is 8.01. The van der Waals surface area contributed by atoms with Crippen LogP contribution in [0.2, 0.25) is 5.02 Å². The van der Waals surface area contributed by atoms with E-state index in [9.17, 15) is 4.79 Å². The van der Waals surface area contributed by atoms with Gasteiger partial charge in [0, 0.05) is 0 Å². The van der Waals surface area contributed by atoms with E-state index in [0.717, 1.165) is 0 Å². The van der Waals surface area contributed by atoms with E-state index in [4.69, 9.17) is 16.3 Å². The molecule has 0 saturated heterocycles. The van der Waals surface area contributed by atoms with Crippen molar-refractivity contribution in [3.63, 3.8) is 0 Å². The molecule has 1 aromatic rings. The summed E-state index contributed by atoms with van der Waals surface area (Å²) in [5.74, 6) is 0.470. The van der Waals surface area contributed by atoms with E-state index in [-0.39, 0.29) is 0 Å². The third-order valence-corrected chi connectivity index (χ3v) is 1.48. The van der Waals surface area contributed by atoms with E-state index in [1.807, 2.05) is 0 Å². The van der Waals surface area contributed by atoms with Gasteiger partial charge in [-0.2, -0.15) is 0 Å². The van der Waals surface area contributed by atoms with Gasteiger partial charge < -0.3 is 4.74 Å². The van der Waals surface area contributed by atoms with Gasteiger partial charge in [0.05, 0.1) is 18.3 Å². The van der Waals surface area contributed by atoms with Crippen LogP contribution in [0.4, 0.5) is 0 Å². The second-order valence-electron chi connectivity index (χ2n) is 1.86. The zero-order chi connectivity index (χ0) is 8.27. The highest BCUT2D eigenvalue weighted by Crippen LogP contribution is 2.22. The number of rotatable bonds is 2. The zero-order valence-electron chi connectivity index (χ0n) is 5.87. The van der Waals surface area contributed by atoms with Crippen LogP contribution in [0.3, 0.4) is 0 Å². The van der Waals surface area contributed by atoms with E-state index in [1.54, 1.807) is 0 Å². The number of aldehydes is 1. The smallest absolute Gasteiger partial charge is 0.168 e. The molecular formula is C7H6ClNO2. The first-order valence-electron chi connectivity index (χ1n) is 2.92. The predicted octanol–water partition coefficient (Wildman–Crippen LogP) is 1.56. The molecule has 0 atom stereocenters. The molecule has 1 aromatic heterocycles. The molecule has 0 amide bonds. The van der Waals surface area contributed by atoms with Gasteiger partial charge in [0.15, 0.2) is 12.0 Å². The molecule has 0 bridgehead atoms. The Labute approximate surface area is 69.0 Å². The van der Waals surface area contributed by atoms with Crippen molar-refractivity contribution in [3.05, 3.63) is 23.0 Å².